The molecule has 0 bridgehead atoms. The second-order valence-electron chi connectivity index (χ2n) is 4.68. The first-order valence-corrected chi connectivity index (χ1v) is 7.44. The lowest BCUT2D eigenvalue weighted by Crippen LogP contribution is -2.04. The lowest BCUT2D eigenvalue weighted by Gasteiger charge is -1.98. The molecule has 1 amide bonds. The average Bonchev–Trinajstić information content (AvgIpc) is 2.84. The molecule has 0 aliphatic carbocycles. The number of amides is 1. The van der Waals surface area contributed by atoms with Crippen molar-refractivity contribution in [3.05, 3.63) is 47.3 Å². The number of fused-ring (bicyclic) bond motifs is 1. The second kappa shape index (κ2) is 5.95. The number of rotatable bonds is 3. The summed E-state index contributed by atoms with van der Waals surface area (Å²) in [5, 5.41) is 14.9. The molecular weight excluding hydrogens is 298 g/mol. The molecule has 3 aromatic rings. The average molecular weight is 311 g/mol. The molecule has 22 heavy (non-hydrogen) atoms. The molecule has 1 heterocycles. The Bertz CT molecular complexity index is 871. The number of nitrogens with zero attached hydrogens (tertiary/aromatic N) is 2. The molecule has 2 aromatic carbocycles. The van der Waals surface area contributed by atoms with Crippen molar-refractivity contribution >= 4 is 45.0 Å². The topological polar surface area (TPSA) is 74.6 Å². The molecule has 6 heteroatoms. The maximum absolute atomic E-state index is 11.0. The zero-order valence-electron chi connectivity index (χ0n) is 11.8. The van der Waals surface area contributed by atoms with Gasteiger partial charge in [-0.1, -0.05) is 41.7 Å². The molecule has 0 atom stereocenters. The molecule has 0 unspecified atom stereocenters. The molecule has 0 radical (unpaired) electrons. The lowest BCUT2D eigenvalue weighted by atomic mass is 10.1. The minimum atomic E-state index is -0.230. The first-order chi connectivity index (χ1) is 10.6. The van der Waals surface area contributed by atoms with E-state index < -0.39 is 0 Å². The van der Waals surface area contributed by atoms with Gasteiger partial charge in [0.05, 0.1) is 11.9 Å². The molecule has 5 nitrogen and oxygen atoms in total. The zero-order valence-corrected chi connectivity index (χ0v) is 12.6. The number of hydrogen-bond donors (Lipinski definition) is 2. The summed E-state index contributed by atoms with van der Waals surface area (Å²) >= 11 is 1.17. The largest absolute Gasteiger partial charge is 0.492 e. The lowest BCUT2D eigenvalue weighted by molar-refractivity contribution is -0.114. The zero-order chi connectivity index (χ0) is 15.5. The molecule has 0 aliphatic rings. The highest BCUT2D eigenvalue weighted by molar-refractivity contribution is 7.17. The minimum absolute atomic E-state index is 0.140. The van der Waals surface area contributed by atoms with Crippen molar-refractivity contribution in [3.8, 4) is 5.88 Å². The number of benzene rings is 2. The van der Waals surface area contributed by atoms with E-state index >= 15 is 0 Å². The number of aromatic hydroxyl groups is 1. The summed E-state index contributed by atoms with van der Waals surface area (Å²) in [6, 6.07) is 13.9. The van der Waals surface area contributed by atoms with Crippen LogP contribution in [0.2, 0.25) is 0 Å². The molecule has 110 valence electrons. The van der Waals surface area contributed by atoms with Crippen LogP contribution in [-0.4, -0.2) is 22.2 Å². The quantitative estimate of drug-likeness (QED) is 0.724. The van der Waals surface area contributed by atoms with Crippen LogP contribution in [0.3, 0.4) is 0 Å². The van der Waals surface area contributed by atoms with E-state index in [9.17, 15) is 9.90 Å². The fraction of sp³-hybridized carbons (Fsp3) is 0.0625. The maximum atomic E-state index is 11.0. The van der Waals surface area contributed by atoms with Crippen molar-refractivity contribution in [3.63, 3.8) is 0 Å². The predicted molar refractivity (Wildman–Crippen MR) is 89.3 cm³/mol. The highest BCUT2D eigenvalue weighted by Crippen LogP contribution is 2.27. The van der Waals surface area contributed by atoms with E-state index in [1.54, 1.807) is 6.21 Å². The number of carbonyl (C=O) groups excluding carboxylic acids is 1. The van der Waals surface area contributed by atoms with E-state index in [2.05, 4.69) is 15.3 Å². The van der Waals surface area contributed by atoms with E-state index in [0.717, 1.165) is 16.5 Å². The number of anilines is 1. The van der Waals surface area contributed by atoms with Gasteiger partial charge in [-0.2, -0.15) is 4.98 Å². The van der Waals surface area contributed by atoms with E-state index in [0.29, 0.717) is 10.0 Å². The summed E-state index contributed by atoms with van der Waals surface area (Å²) in [6.07, 6.45) is 1.54. The highest BCUT2D eigenvalue weighted by atomic mass is 32.1. The van der Waals surface area contributed by atoms with E-state index in [-0.39, 0.29) is 11.8 Å². The molecule has 1 aromatic heterocycles. The van der Waals surface area contributed by atoms with Crippen LogP contribution < -0.4 is 5.32 Å². The summed E-state index contributed by atoms with van der Waals surface area (Å²) in [4.78, 5) is 19.7. The van der Waals surface area contributed by atoms with Gasteiger partial charge >= 0.3 is 0 Å². The first-order valence-electron chi connectivity index (χ1n) is 6.62. The van der Waals surface area contributed by atoms with Crippen molar-refractivity contribution in [1.82, 2.24) is 4.98 Å². The van der Waals surface area contributed by atoms with Crippen LogP contribution in [0.1, 0.15) is 11.8 Å². The Hall–Kier alpha value is -2.73. The van der Waals surface area contributed by atoms with Crippen molar-refractivity contribution in [2.45, 2.75) is 6.92 Å². The monoisotopic (exact) mass is 311 g/mol. The van der Waals surface area contributed by atoms with Crippen LogP contribution >= 0.6 is 11.3 Å². The summed E-state index contributed by atoms with van der Waals surface area (Å²) in [5.74, 6) is -0.370. The van der Waals surface area contributed by atoms with Crippen molar-refractivity contribution in [2.75, 3.05) is 5.32 Å². The Morgan fingerprint density at radius 2 is 2.05 bits per heavy atom. The predicted octanol–water partition coefficient (Wildman–Crippen LogP) is 3.71. The number of thiazole rings is 1. The smallest absolute Gasteiger partial charge is 0.233 e. The van der Waals surface area contributed by atoms with Crippen molar-refractivity contribution < 1.29 is 9.90 Å². The van der Waals surface area contributed by atoms with Crippen LogP contribution in [0.5, 0.6) is 5.88 Å². The number of carbonyl (C=O) groups is 1. The Kier molecular flexibility index (Phi) is 3.84. The van der Waals surface area contributed by atoms with E-state index in [4.69, 9.17) is 0 Å². The fourth-order valence-electron chi connectivity index (χ4n) is 2.00. The van der Waals surface area contributed by atoms with Gasteiger partial charge in [0.1, 0.15) is 4.88 Å². The van der Waals surface area contributed by atoms with Crippen molar-refractivity contribution in [2.24, 2.45) is 4.99 Å². The van der Waals surface area contributed by atoms with Gasteiger partial charge < -0.3 is 10.4 Å². The Labute approximate surface area is 131 Å². The normalized spacial score (nSPS) is 11.1. The molecule has 0 fully saturated rings. The third-order valence-electron chi connectivity index (χ3n) is 2.98. The fourth-order valence-corrected chi connectivity index (χ4v) is 2.78. The number of aromatic nitrogens is 1. The SMILES string of the molecule is CC(=O)Nc1nc(O)c(C=Nc2ccc3ccccc3c2)s1. The summed E-state index contributed by atoms with van der Waals surface area (Å²) in [6.45, 7) is 1.39. The molecular formula is C16H13N3O2S. The molecule has 0 aliphatic heterocycles. The van der Waals surface area contributed by atoms with Gasteiger partial charge in [0.25, 0.3) is 0 Å². The van der Waals surface area contributed by atoms with Crippen LogP contribution in [0.15, 0.2) is 47.5 Å². The van der Waals surface area contributed by atoms with Gasteiger partial charge in [0.15, 0.2) is 5.13 Å². The van der Waals surface area contributed by atoms with Gasteiger partial charge in [0, 0.05) is 6.92 Å². The van der Waals surface area contributed by atoms with Crippen LogP contribution in [0.4, 0.5) is 10.8 Å². The van der Waals surface area contributed by atoms with E-state index in [1.807, 2.05) is 42.5 Å². The molecule has 2 N–H and O–H groups in total. The van der Waals surface area contributed by atoms with Gasteiger partial charge in [0.2, 0.25) is 11.8 Å². The maximum Gasteiger partial charge on any atom is 0.233 e. The van der Waals surface area contributed by atoms with Crippen LogP contribution in [-0.2, 0) is 4.79 Å². The molecule has 3 rings (SSSR count). The van der Waals surface area contributed by atoms with Crippen molar-refractivity contribution in [1.29, 1.82) is 0 Å². The third kappa shape index (κ3) is 3.12. The molecule has 0 saturated carbocycles. The summed E-state index contributed by atoms with van der Waals surface area (Å²) in [5.41, 5.74) is 0.785. The second-order valence-corrected chi connectivity index (χ2v) is 5.71. The highest BCUT2D eigenvalue weighted by Gasteiger charge is 2.09. The van der Waals surface area contributed by atoms with Gasteiger partial charge in [-0.25, -0.2) is 0 Å². The standard InChI is InChI=1S/C16H13N3O2S/c1-10(20)18-16-19-15(21)14(22-16)9-17-13-7-6-11-4-2-3-5-12(11)8-13/h2-9,21H,1H3,(H,18,19,20). The summed E-state index contributed by atoms with van der Waals surface area (Å²) < 4.78 is 0. The Morgan fingerprint density at radius 1 is 1.27 bits per heavy atom. The van der Waals surface area contributed by atoms with Crippen LogP contribution in [0, 0.1) is 0 Å². The first kappa shape index (κ1) is 14.2. The number of aliphatic imine (C=N–C) groups is 1. The third-order valence-corrected chi connectivity index (χ3v) is 3.88. The minimum Gasteiger partial charge on any atom is -0.492 e. The van der Waals surface area contributed by atoms with Gasteiger partial charge in [-0.05, 0) is 22.9 Å². The van der Waals surface area contributed by atoms with Crippen LogP contribution in [0.25, 0.3) is 10.8 Å². The Balaban J connectivity index is 1.86. The van der Waals surface area contributed by atoms with Gasteiger partial charge in [-0.3, -0.25) is 9.79 Å². The molecule has 0 spiro atoms. The molecule has 0 saturated heterocycles. The Morgan fingerprint density at radius 3 is 2.82 bits per heavy atom. The van der Waals surface area contributed by atoms with E-state index in [1.165, 1.54) is 18.3 Å². The number of nitrogens with one attached hydrogen (secondary N) is 1. The van der Waals surface area contributed by atoms with Gasteiger partial charge in [-0.15, -0.1) is 0 Å². The summed E-state index contributed by atoms with van der Waals surface area (Å²) in [7, 11) is 0. The number of hydrogen-bond acceptors (Lipinski definition) is 5.